The van der Waals surface area contributed by atoms with Crippen LogP contribution in [-0.4, -0.2) is 30.9 Å². The number of amides is 2. The van der Waals surface area contributed by atoms with E-state index in [9.17, 15) is 14.4 Å². The van der Waals surface area contributed by atoms with Crippen LogP contribution in [-0.2, 0) is 9.53 Å². The molecule has 0 fully saturated rings. The summed E-state index contributed by atoms with van der Waals surface area (Å²) in [5.41, 5.74) is 1.47. The second kappa shape index (κ2) is 8.88. The van der Waals surface area contributed by atoms with Gasteiger partial charge in [0.05, 0.1) is 11.8 Å². The van der Waals surface area contributed by atoms with E-state index in [2.05, 4.69) is 5.32 Å². The third-order valence-corrected chi connectivity index (χ3v) is 4.23. The lowest BCUT2D eigenvalue weighted by Gasteiger charge is -2.21. The van der Waals surface area contributed by atoms with Crippen LogP contribution >= 0.6 is 0 Å². The highest BCUT2D eigenvalue weighted by Crippen LogP contribution is 2.16. The number of nitrogens with zero attached hydrogens (tertiary/aromatic N) is 1. The van der Waals surface area contributed by atoms with Gasteiger partial charge < -0.3 is 19.4 Å². The fourth-order valence-corrected chi connectivity index (χ4v) is 2.62. The van der Waals surface area contributed by atoms with Gasteiger partial charge in [0.1, 0.15) is 0 Å². The summed E-state index contributed by atoms with van der Waals surface area (Å²) in [7, 11) is 1.62. The minimum absolute atomic E-state index is 0.184. The number of esters is 1. The number of hydrogen-bond acceptors (Lipinski definition) is 5. The van der Waals surface area contributed by atoms with Crippen molar-refractivity contribution in [3.63, 3.8) is 0 Å². The first-order valence-electron chi connectivity index (χ1n) is 8.94. The van der Waals surface area contributed by atoms with Crippen LogP contribution < -0.4 is 10.2 Å². The van der Waals surface area contributed by atoms with Gasteiger partial charge in [-0.2, -0.15) is 0 Å². The molecule has 7 nitrogen and oxygen atoms in total. The van der Waals surface area contributed by atoms with E-state index in [1.54, 1.807) is 43.4 Å². The molecule has 0 radical (unpaired) electrons. The molecule has 0 saturated carbocycles. The zero-order valence-corrected chi connectivity index (χ0v) is 16.0. The molecule has 3 rings (SSSR count). The smallest absolute Gasteiger partial charge is 0.338 e. The van der Waals surface area contributed by atoms with Crippen molar-refractivity contribution in [3.8, 4) is 0 Å². The van der Waals surface area contributed by atoms with Crippen molar-refractivity contribution in [3.05, 3.63) is 84.3 Å². The van der Waals surface area contributed by atoms with Gasteiger partial charge in [-0.25, -0.2) is 4.79 Å². The van der Waals surface area contributed by atoms with Crippen LogP contribution in [0.4, 0.5) is 11.4 Å². The molecule has 3 aromatic rings. The first-order valence-corrected chi connectivity index (χ1v) is 8.94. The fourth-order valence-electron chi connectivity index (χ4n) is 2.62. The first kappa shape index (κ1) is 19.9. The highest BCUT2D eigenvalue weighted by molar-refractivity contribution is 6.02. The zero-order chi connectivity index (χ0) is 20.8. The number of rotatable bonds is 6. The molecule has 1 unspecified atom stereocenters. The SMILES string of the molecule is CC(OC(=O)c1ccc(NC(=O)c2ccco2)cc1)C(=O)N(C)c1ccccc1. The Morgan fingerprint density at radius 2 is 1.66 bits per heavy atom. The molecule has 1 aromatic heterocycles. The van der Waals surface area contributed by atoms with E-state index in [4.69, 9.17) is 9.15 Å². The predicted octanol–water partition coefficient (Wildman–Crippen LogP) is 3.74. The van der Waals surface area contributed by atoms with Crippen LogP contribution in [0.3, 0.4) is 0 Å². The average molecular weight is 392 g/mol. The summed E-state index contributed by atoms with van der Waals surface area (Å²) < 4.78 is 10.3. The molecule has 29 heavy (non-hydrogen) atoms. The van der Waals surface area contributed by atoms with Crippen LogP contribution in [0.2, 0.25) is 0 Å². The lowest BCUT2D eigenvalue weighted by molar-refractivity contribution is -0.126. The van der Waals surface area contributed by atoms with Crippen LogP contribution in [0.25, 0.3) is 0 Å². The molecule has 1 atom stereocenters. The maximum atomic E-state index is 12.5. The van der Waals surface area contributed by atoms with Gasteiger partial charge in [-0.05, 0) is 55.5 Å². The van der Waals surface area contributed by atoms with Crippen LogP contribution in [0.5, 0.6) is 0 Å². The topological polar surface area (TPSA) is 88.8 Å². The minimum Gasteiger partial charge on any atom is -0.459 e. The molecular formula is C22H20N2O5. The number of para-hydroxylation sites is 1. The first-order chi connectivity index (χ1) is 14.0. The lowest BCUT2D eigenvalue weighted by atomic mass is 10.2. The van der Waals surface area contributed by atoms with Crippen LogP contribution in [0.15, 0.2) is 77.4 Å². The van der Waals surface area contributed by atoms with Crippen molar-refractivity contribution >= 4 is 29.2 Å². The van der Waals surface area contributed by atoms with Gasteiger partial charge >= 0.3 is 5.97 Å². The third kappa shape index (κ3) is 4.90. The summed E-state index contributed by atoms with van der Waals surface area (Å²) in [5, 5.41) is 2.66. The van der Waals surface area contributed by atoms with Crippen LogP contribution in [0, 0.1) is 0 Å². The fraction of sp³-hybridized carbons (Fsp3) is 0.136. The van der Waals surface area contributed by atoms with E-state index >= 15 is 0 Å². The Balaban J connectivity index is 1.58. The van der Waals surface area contributed by atoms with Gasteiger partial charge in [0.25, 0.3) is 11.8 Å². The second-order valence-corrected chi connectivity index (χ2v) is 6.29. The largest absolute Gasteiger partial charge is 0.459 e. The average Bonchev–Trinajstić information content (AvgIpc) is 3.29. The molecule has 2 amide bonds. The molecule has 0 aliphatic rings. The van der Waals surface area contributed by atoms with E-state index < -0.39 is 18.0 Å². The maximum Gasteiger partial charge on any atom is 0.338 e. The molecule has 0 saturated heterocycles. The Labute approximate surface area is 167 Å². The van der Waals surface area contributed by atoms with E-state index in [1.165, 1.54) is 30.2 Å². The van der Waals surface area contributed by atoms with Crippen molar-refractivity contribution in [2.75, 3.05) is 17.3 Å². The van der Waals surface area contributed by atoms with Crippen molar-refractivity contribution in [1.82, 2.24) is 0 Å². The number of anilines is 2. The van der Waals surface area contributed by atoms with Crippen molar-refractivity contribution in [1.29, 1.82) is 0 Å². The number of benzene rings is 2. The molecule has 0 spiro atoms. The van der Waals surface area contributed by atoms with Crippen LogP contribution in [0.1, 0.15) is 27.8 Å². The van der Waals surface area contributed by atoms with E-state index in [0.717, 1.165) is 0 Å². The highest BCUT2D eigenvalue weighted by Gasteiger charge is 2.23. The van der Waals surface area contributed by atoms with Gasteiger partial charge in [-0.1, -0.05) is 18.2 Å². The van der Waals surface area contributed by atoms with Crippen molar-refractivity contribution in [2.45, 2.75) is 13.0 Å². The standard InChI is InChI=1S/C22H20N2O5/c1-15(21(26)24(2)18-7-4-3-5-8-18)29-22(27)16-10-12-17(13-11-16)23-20(25)19-9-6-14-28-19/h3-15H,1-2H3,(H,23,25). The van der Waals surface area contributed by atoms with Crippen molar-refractivity contribution in [2.24, 2.45) is 0 Å². The normalized spacial score (nSPS) is 11.4. The van der Waals surface area contributed by atoms with E-state index in [-0.39, 0.29) is 17.2 Å². The highest BCUT2D eigenvalue weighted by atomic mass is 16.5. The summed E-state index contributed by atoms with van der Waals surface area (Å²) >= 11 is 0. The molecule has 0 aliphatic heterocycles. The van der Waals surface area contributed by atoms with Gasteiger partial charge in [-0.15, -0.1) is 0 Å². The van der Waals surface area contributed by atoms with Gasteiger partial charge in [0, 0.05) is 18.4 Å². The summed E-state index contributed by atoms with van der Waals surface area (Å²) in [6.07, 6.45) is 0.456. The zero-order valence-electron chi connectivity index (χ0n) is 16.0. The molecule has 7 heteroatoms. The second-order valence-electron chi connectivity index (χ2n) is 6.29. The van der Waals surface area contributed by atoms with Gasteiger partial charge in [0.15, 0.2) is 11.9 Å². The quantitative estimate of drug-likeness (QED) is 0.646. The molecule has 0 bridgehead atoms. The molecule has 0 aliphatic carbocycles. The summed E-state index contributed by atoms with van der Waals surface area (Å²) in [4.78, 5) is 38.2. The Kier molecular flexibility index (Phi) is 6.09. The number of carbonyl (C=O) groups is 3. The summed E-state index contributed by atoms with van der Waals surface area (Å²) in [6, 6.07) is 18.4. The number of furan rings is 1. The molecule has 148 valence electrons. The lowest BCUT2D eigenvalue weighted by Crippen LogP contribution is -2.37. The Hall–Kier alpha value is -3.87. The molecule has 2 aromatic carbocycles. The summed E-state index contributed by atoms with van der Waals surface area (Å²) in [6.45, 7) is 1.53. The molecule has 1 heterocycles. The molecular weight excluding hydrogens is 372 g/mol. The Bertz CT molecular complexity index is 982. The van der Waals surface area contributed by atoms with E-state index in [1.807, 2.05) is 18.2 Å². The summed E-state index contributed by atoms with van der Waals surface area (Å²) in [5.74, 6) is -1.18. The van der Waals surface area contributed by atoms with Crippen molar-refractivity contribution < 1.29 is 23.5 Å². The maximum absolute atomic E-state index is 12.5. The Morgan fingerprint density at radius 1 is 0.966 bits per heavy atom. The monoisotopic (exact) mass is 392 g/mol. The van der Waals surface area contributed by atoms with E-state index in [0.29, 0.717) is 11.4 Å². The number of likely N-dealkylation sites (N-methyl/N-ethyl adjacent to an activating group) is 1. The Morgan fingerprint density at radius 3 is 2.28 bits per heavy atom. The molecule has 1 N–H and O–H groups in total. The number of hydrogen-bond donors (Lipinski definition) is 1. The van der Waals surface area contributed by atoms with Gasteiger partial charge in [-0.3, -0.25) is 9.59 Å². The van der Waals surface area contributed by atoms with Gasteiger partial charge in [0.2, 0.25) is 0 Å². The third-order valence-electron chi connectivity index (χ3n) is 4.23. The number of ether oxygens (including phenoxy) is 1. The number of carbonyl (C=O) groups excluding carboxylic acids is 3. The minimum atomic E-state index is -0.953. The predicted molar refractivity (Wildman–Crippen MR) is 108 cm³/mol. The number of nitrogens with one attached hydrogen (secondary N) is 1.